The minimum atomic E-state index is -1.03. The molecule has 1 atom stereocenters. The monoisotopic (exact) mass is 495 g/mol. The second-order valence-electron chi connectivity index (χ2n) is 11.6. The van der Waals surface area contributed by atoms with Crippen LogP contribution in [0.25, 0.3) is 11.1 Å². The van der Waals surface area contributed by atoms with Crippen molar-refractivity contribution in [1.82, 2.24) is 5.23 Å². The maximum Gasteiger partial charge on any atom is 0.457 e. The van der Waals surface area contributed by atoms with Gasteiger partial charge in [0.15, 0.2) is 6.04 Å². The summed E-state index contributed by atoms with van der Waals surface area (Å²) in [5.74, 6) is -0.622. The van der Waals surface area contributed by atoms with Gasteiger partial charge in [-0.2, -0.15) is 0 Å². The lowest BCUT2D eigenvalue weighted by Crippen LogP contribution is -2.44. The maximum atomic E-state index is 13.1. The molecule has 1 aliphatic heterocycles. The number of ether oxygens (including phenoxy) is 1. The lowest BCUT2D eigenvalue weighted by molar-refractivity contribution is -0.360. The van der Waals surface area contributed by atoms with E-state index in [2.05, 4.69) is 24.3 Å². The van der Waals surface area contributed by atoms with E-state index < -0.39 is 35.9 Å². The van der Waals surface area contributed by atoms with Gasteiger partial charge in [-0.05, 0) is 83.5 Å². The van der Waals surface area contributed by atoms with Crippen LogP contribution in [0.2, 0.25) is 6.32 Å². The van der Waals surface area contributed by atoms with Crippen LogP contribution in [0.1, 0.15) is 71.9 Å². The molecule has 2 aliphatic rings. The standard InChI is InChI=1S/C28H38BNO6/c1-26(2,3)34-25(31)24(16-17-29-35-27(4,5)28(6,7)36-29)30(32)33-18-23-21-14-10-8-12-19(21)20-13-9-11-15-22(20)23/h8-15,23-24,32H,16-18H2,1-7H3. The van der Waals surface area contributed by atoms with E-state index in [4.69, 9.17) is 18.9 Å². The molecule has 1 N–H and O–H groups in total. The molecule has 0 aromatic heterocycles. The predicted octanol–water partition coefficient (Wildman–Crippen LogP) is 5.61. The summed E-state index contributed by atoms with van der Waals surface area (Å²) < 4.78 is 17.8. The molecule has 0 radical (unpaired) electrons. The average Bonchev–Trinajstić information content (AvgIpc) is 3.20. The third-order valence-corrected chi connectivity index (χ3v) is 7.26. The molecular formula is C28H38BNO6. The quantitative estimate of drug-likeness (QED) is 0.290. The molecule has 0 saturated carbocycles. The van der Waals surface area contributed by atoms with E-state index in [1.807, 2.05) is 52.0 Å². The Hall–Kier alpha value is -2.23. The number of carbonyl (C=O) groups is 1. The van der Waals surface area contributed by atoms with Crippen LogP contribution in [0.3, 0.4) is 0 Å². The van der Waals surface area contributed by atoms with E-state index in [-0.39, 0.29) is 18.9 Å². The predicted molar refractivity (Wildman–Crippen MR) is 138 cm³/mol. The zero-order chi connectivity index (χ0) is 26.3. The molecule has 1 aliphatic carbocycles. The van der Waals surface area contributed by atoms with Gasteiger partial charge in [0.1, 0.15) is 5.60 Å². The molecule has 7 nitrogen and oxygen atoms in total. The highest BCUT2D eigenvalue weighted by Gasteiger charge is 2.51. The molecule has 1 heterocycles. The first kappa shape index (κ1) is 26.8. The number of benzene rings is 2. The Balaban J connectivity index is 1.47. The number of hydrogen-bond acceptors (Lipinski definition) is 7. The van der Waals surface area contributed by atoms with Crippen LogP contribution in [-0.2, 0) is 23.7 Å². The Labute approximate surface area is 214 Å². The summed E-state index contributed by atoms with van der Waals surface area (Å²) in [6.45, 7) is 13.5. The second kappa shape index (κ2) is 9.91. The summed E-state index contributed by atoms with van der Waals surface area (Å²) in [5, 5.41) is 11.6. The van der Waals surface area contributed by atoms with Gasteiger partial charge in [-0.1, -0.05) is 53.8 Å². The first-order valence-electron chi connectivity index (χ1n) is 12.7. The van der Waals surface area contributed by atoms with E-state index in [1.54, 1.807) is 20.8 Å². The molecule has 0 bridgehead atoms. The number of fused-ring (bicyclic) bond motifs is 3. The Morgan fingerprint density at radius 1 is 1.00 bits per heavy atom. The SMILES string of the molecule is CC(C)(C)OC(=O)C(CCB1OC(C)(C)C(C)(C)O1)N(O)OCC1c2ccccc2-c2ccccc21. The van der Waals surface area contributed by atoms with Crippen molar-refractivity contribution in [2.75, 3.05) is 6.61 Å². The molecule has 194 valence electrons. The van der Waals surface area contributed by atoms with Crippen LogP contribution in [-0.4, -0.2) is 53.0 Å². The second-order valence-corrected chi connectivity index (χ2v) is 11.6. The summed E-state index contributed by atoms with van der Waals surface area (Å²) >= 11 is 0. The highest BCUT2D eigenvalue weighted by atomic mass is 16.9. The van der Waals surface area contributed by atoms with Gasteiger partial charge < -0.3 is 14.0 Å². The number of hydrogen-bond donors (Lipinski definition) is 1. The van der Waals surface area contributed by atoms with E-state index in [0.29, 0.717) is 11.5 Å². The first-order valence-corrected chi connectivity index (χ1v) is 12.7. The largest absolute Gasteiger partial charge is 0.459 e. The van der Waals surface area contributed by atoms with Gasteiger partial charge in [0, 0.05) is 5.92 Å². The van der Waals surface area contributed by atoms with Crippen molar-refractivity contribution in [3.8, 4) is 11.1 Å². The van der Waals surface area contributed by atoms with Crippen LogP contribution in [0, 0.1) is 0 Å². The topological polar surface area (TPSA) is 77.5 Å². The molecule has 8 heteroatoms. The summed E-state index contributed by atoms with van der Waals surface area (Å²) in [6, 6.07) is 15.4. The van der Waals surface area contributed by atoms with E-state index in [1.165, 1.54) is 0 Å². The third kappa shape index (κ3) is 5.53. The fourth-order valence-electron chi connectivity index (χ4n) is 4.75. The summed E-state index contributed by atoms with van der Waals surface area (Å²) in [4.78, 5) is 18.9. The van der Waals surface area contributed by atoms with Crippen LogP contribution in [0.4, 0.5) is 0 Å². The van der Waals surface area contributed by atoms with Gasteiger partial charge in [-0.25, -0.2) is 0 Å². The molecular weight excluding hydrogens is 457 g/mol. The Morgan fingerprint density at radius 3 is 2.00 bits per heavy atom. The molecule has 1 saturated heterocycles. The highest BCUT2D eigenvalue weighted by Crippen LogP contribution is 2.44. The fourth-order valence-corrected chi connectivity index (χ4v) is 4.75. The maximum absolute atomic E-state index is 13.1. The molecule has 0 spiro atoms. The van der Waals surface area contributed by atoms with Crippen molar-refractivity contribution in [2.45, 2.75) is 90.0 Å². The highest BCUT2D eigenvalue weighted by molar-refractivity contribution is 6.45. The minimum absolute atomic E-state index is 0.0607. The van der Waals surface area contributed by atoms with Crippen LogP contribution in [0.15, 0.2) is 48.5 Å². The van der Waals surface area contributed by atoms with Crippen molar-refractivity contribution in [2.24, 2.45) is 0 Å². The smallest absolute Gasteiger partial charge is 0.457 e. The molecule has 1 unspecified atom stereocenters. The van der Waals surface area contributed by atoms with Crippen molar-refractivity contribution < 1.29 is 28.9 Å². The van der Waals surface area contributed by atoms with Gasteiger partial charge in [-0.15, -0.1) is 0 Å². The Morgan fingerprint density at radius 2 is 1.50 bits per heavy atom. The van der Waals surface area contributed by atoms with E-state index in [0.717, 1.165) is 22.3 Å². The Bertz CT molecular complexity index is 1030. The van der Waals surface area contributed by atoms with E-state index >= 15 is 0 Å². The zero-order valence-electron chi connectivity index (χ0n) is 22.4. The zero-order valence-corrected chi connectivity index (χ0v) is 22.4. The fraction of sp³-hybridized carbons (Fsp3) is 0.536. The van der Waals surface area contributed by atoms with Crippen molar-refractivity contribution in [1.29, 1.82) is 0 Å². The minimum Gasteiger partial charge on any atom is -0.459 e. The van der Waals surface area contributed by atoms with Crippen LogP contribution in [0.5, 0.6) is 0 Å². The normalized spacial score (nSPS) is 19.3. The third-order valence-electron chi connectivity index (χ3n) is 7.26. The van der Waals surface area contributed by atoms with Gasteiger partial charge in [0.2, 0.25) is 0 Å². The van der Waals surface area contributed by atoms with Crippen LogP contribution >= 0.6 is 0 Å². The van der Waals surface area contributed by atoms with Gasteiger partial charge >= 0.3 is 13.1 Å². The summed E-state index contributed by atoms with van der Waals surface area (Å²) in [7, 11) is -0.498. The molecule has 4 rings (SSSR count). The summed E-state index contributed by atoms with van der Waals surface area (Å²) in [5.41, 5.74) is 2.95. The van der Waals surface area contributed by atoms with Gasteiger partial charge in [0.05, 0.1) is 17.8 Å². The van der Waals surface area contributed by atoms with Crippen molar-refractivity contribution in [3.05, 3.63) is 59.7 Å². The molecule has 36 heavy (non-hydrogen) atoms. The van der Waals surface area contributed by atoms with Crippen LogP contribution < -0.4 is 0 Å². The number of esters is 1. The number of nitrogens with zero attached hydrogens (tertiary/aromatic N) is 1. The van der Waals surface area contributed by atoms with Gasteiger partial charge in [-0.3, -0.25) is 14.8 Å². The van der Waals surface area contributed by atoms with Gasteiger partial charge in [0.25, 0.3) is 0 Å². The lowest BCUT2D eigenvalue weighted by atomic mass is 9.81. The molecule has 2 aromatic carbocycles. The summed E-state index contributed by atoms with van der Waals surface area (Å²) in [6.07, 6.45) is 0.631. The van der Waals surface area contributed by atoms with Crippen molar-refractivity contribution >= 4 is 13.1 Å². The molecule has 0 amide bonds. The molecule has 2 aromatic rings. The first-order chi connectivity index (χ1) is 16.8. The Kier molecular flexibility index (Phi) is 7.39. The van der Waals surface area contributed by atoms with E-state index in [9.17, 15) is 10.0 Å². The lowest BCUT2D eigenvalue weighted by Gasteiger charge is -2.32. The average molecular weight is 495 g/mol. The number of hydroxylamine groups is 2. The molecule has 1 fully saturated rings. The van der Waals surface area contributed by atoms with Crippen molar-refractivity contribution in [3.63, 3.8) is 0 Å². The number of rotatable bonds is 8. The number of carbonyl (C=O) groups excluding carboxylic acids is 1.